The summed E-state index contributed by atoms with van der Waals surface area (Å²) >= 11 is 0. The smallest absolute Gasteiger partial charge is 0.122 e. The average molecular weight is 211 g/mol. The molecule has 0 fully saturated rings. The number of methoxy groups -OCH3 is 1. The molecule has 0 amide bonds. The zero-order valence-electron chi connectivity index (χ0n) is 9.86. The molecule has 0 bridgehead atoms. The molecule has 0 aromatic carbocycles. The Bertz CT molecular complexity index is 267. The van der Waals surface area contributed by atoms with Gasteiger partial charge in [0.1, 0.15) is 5.82 Å². The van der Waals surface area contributed by atoms with E-state index in [1.807, 2.05) is 24.0 Å². The maximum Gasteiger partial charge on any atom is 0.122 e. The molecular weight excluding hydrogens is 190 g/mol. The predicted molar refractivity (Wildman–Crippen MR) is 60.6 cm³/mol. The van der Waals surface area contributed by atoms with Crippen LogP contribution >= 0.6 is 0 Å². The third kappa shape index (κ3) is 4.01. The number of ether oxygens (including phenoxy) is 1. The molecule has 0 spiro atoms. The molecule has 4 heteroatoms. The average Bonchev–Trinajstić information content (AvgIpc) is 2.61. The fourth-order valence-electron chi connectivity index (χ4n) is 1.60. The molecule has 4 nitrogen and oxygen atoms in total. The van der Waals surface area contributed by atoms with Crippen LogP contribution in [0.25, 0.3) is 0 Å². The van der Waals surface area contributed by atoms with Gasteiger partial charge in [-0.15, -0.1) is 0 Å². The number of hydrogen-bond donors (Lipinski definition) is 1. The Morgan fingerprint density at radius 3 is 2.93 bits per heavy atom. The normalized spacial score (nSPS) is 13.0. The van der Waals surface area contributed by atoms with Crippen LogP contribution in [0.4, 0.5) is 0 Å². The number of imidazole rings is 1. The van der Waals surface area contributed by atoms with Crippen molar-refractivity contribution in [3.8, 4) is 0 Å². The zero-order chi connectivity index (χ0) is 11.1. The Morgan fingerprint density at radius 1 is 1.60 bits per heavy atom. The van der Waals surface area contributed by atoms with Gasteiger partial charge in [-0.2, -0.15) is 0 Å². The van der Waals surface area contributed by atoms with Gasteiger partial charge in [-0.1, -0.05) is 13.3 Å². The van der Waals surface area contributed by atoms with Crippen molar-refractivity contribution in [3.63, 3.8) is 0 Å². The maximum absolute atomic E-state index is 5.17. The lowest BCUT2D eigenvalue weighted by Crippen LogP contribution is -2.33. The first-order chi connectivity index (χ1) is 7.27. The van der Waals surface area contributed by atoms with E-state index in [0.717, 1.165) is 25.4 Å². The van der Waals surface area contributed by atoms with Crippen LogP contribution in [0.3, 0.4) is 0 Å². The number of aryl methyl sites for hydroxylation is 1. The van der Waals surface area contributed by atoms with Crippen molar-refractivity contribution in [1.82, 2.24) is 14.9 Å². The number of nitrogens with one attached hydrogen (secondary N) is 1. The van der Waals surface area contributed by atoms with Gasteiger partial charge in [0.25, 0.3) is 0 Å². The molecule has 1 aromatic rings. The highest BCUT2D eigenvalue weighted by atomic mass is 16.5. The molecule has 0 aliphatic heterocycles. The first-order valence-electron chi connectivity index (χ1n) is 5.46. The molecular formula is C11H21N3O. The van der Waals surface area contributed by atoms with Crippen molar-refractivity contribution in [2.45, 2.75) is 32.4 Å². The highest BCUT2D eigenvalue weighted by Crippen LogP contribution is 2.00. The van der Waals surface area contributed by atoms with Crippen LogP contribution in [0.15, 0.2) is 12.4 Å². The monoisotopic (exact) mass is 211 g/mol. The summed E-state index contributed by atoms with van der Waals surface area (Å²) in [6.45, 7) is 3.75. The summed E-state index contributed by atoms with van der Waals surface area (Å²) in [4.78, 5) is 4.27. The van der Waals surface area contributed by atoms with E-state index in [1.165, 1.54) is 6.42 Å². The van der Waals surface area contributed by atoms with Crippen LogP contribution in [0.5, 0.6) is 0 Å². The number of nitrogens with zero attached hydrogens (tertiary/aromatic N) is 2. The van der Waals surface area contributed by atoms with Crippen molar-refractivity contribution < 1.29 is 4.74 Å². The van der Waals surface area contributed by atoms with Gasteiger partial charge in [0.05, 0.1) is 13.2 Å². The first-order valence-corrected chi connectivity index (χ1v) is 5.46. The van der Waals surface area contributed by atoms with E-state index in [2.05, 4.69) is 17.2 Å². The van der Waals surface area contributed by atoms with Gasteiger partial charge >= 0.3 is 0 Å². The second-order valence-corrected chi connectivity index (χ2v) is 3.78. The van der Waals surface area contributed by atoms with Crippen LogP contribution in [0, 0.1) is 0 Å². The Morgan fingerprint density at radius 2 is 2.40 bits per heavy atom. The van der Waals surface area contributed by atoms with E-state index in [0.29, 0.717) is 6.04 Å². The minimum absolute atomic E-state index is 0.427. The van der Waals surface area contributed by atoms with Crippen molar-refractivity contribution in [1.29, 1.82) is 0 Å². The topological polar surface area (TPSA) is 39.1 Å². The van der Waals surface area contributed by atoms with Gasteiger partial charge in [0.15, 0.2) is 0 Å². The summed E-state index contributed by atoms with van der Waals surface area (Å²) < 4.78 is 7.20. The predicted octanol–water partition coefficient (Wildman–Crippen LogP) is 1.32. The minimum Gasteiger partial charge on any atom is -0.383 e. The van der Waals surface area contributed by atoms with E-state index in [9.17, 15) is 0 Å². The second kappa shape index (κ2) is 6.58. The van der Waals surface area contributed by atoms with E-state index in [4.69, 9.17) is 4.74 Å². The summed E-state index contributed by atoms with van der Waals surface area (Å²) in [7, 11) is 3.75. The van der Waals surface area contributed by atoms with Gasteiger partial charge in [-0.05, 0) is 6.42 Å². The first kappa shape index (κ1) is 12.2. The zero-order valence-corrected chi connectivity index (χ0v) is 9.86. The summed E-state index contributed by atoms with van der Waals surface area (Å²) in [5.74, 6) is 1.06. The SMILES string of the molecule is CCCC(COC)NCc1nccn1C. The lowest BCUT2D eigenvalue weighted by molar-refractivity contribution is 0.161. The molecule has 86 valence electrons. The highest BCUT2D eigenvalue weighted by Gasteiger charge is 2.07. The number of aromatic nitrogens is 2. The van der Waals surface area contributed by atoms with Crippen molar-refractivity contribution in [2.24, 2.45) is 7.05 Å². The van der Waals surface area contributed by atoms with Gasteiger partial charge < -0.3 is 14.6 Å². The lowest BCUT2D eigenvalue weighted by atomic mass is 10.2. The fourth-order valence-corrected chi connectivity index (χ4v) is 1.60. The summed E-state index contributed by atoms with van der Waals surface area (Å²) in [5.41, 5.74) is 0. The third-order valence-corrected chi connectivity index (χ3v) is 2.47. The standard InChI is InChI=1S/C11H21N3O/c1-4-5-10(9-15-3)13-8-11-12-6-7-14(11)2/h6-7,10,13H,4-5,8-9H2,1-3H3. The van der Waals surface area contributed by atoms with Gasteiger partial charge in [-0.25, -0.2) is 4.98 Å². The van der Waals surface area contributed by atoms with Crippen LogP contribution in [-0.2, 0) is 18.3 Å². The Kier molecular flexibility index (Phi) is 5.36. The van der Waals surface area contributed by atoms with Crippen molar-refractivity contribution in [2.75, 3.05) is 13.7 Å². The van der Waals surface area contributed by atoms with E-state index < -0.39 is 0 Å². The molecule has 1 heterocycles. The Balaban J connectivity index is 2.36. The van der Waals surface area contributed by atoms with Crippen molar-refractivity contribution in [3.05, 3.63) is 18.2 Å². The van der Waals surface area contributed by atoms with Gasteiger partial charge in [0.2, 0.25) is 0 Å². The van der Waals surface area contributed by atoms with Crippen LogP contribution in [0.1, 0.15) is 25.6 Å². The summed E-state index contributed by atoms with van der Waals surface area (Å²) in [6.07, 6.45) is 6.09. The molecule has 1 atom stereocenters. The quantitative estimate of drug-likeness (QED) is 0.739. The van der Waals surface area contributed by atoms with Gasteiger partial charge in [-0.3, -0.25) is 0 Å². The largest absolute Gasteiger partial charge is 0.383 e. The van der Waals surface area contributed by atoms with Crippen molar-refractivity contribution >= 4 is 0 Å². The number of hydrogen-bond acceptors (Lipinski definition) is 3. The Labute approximate surface area is 91.7 Å². The molecule has 1 unspecified atom stereocenters. The van der Waals surface area contributed by atoms with Gasteiger partial charge in [0, 0.05) is 32.6 Å². The van der Waals surface area contributed by atoms with E-state index >= 15 is 0 Å². The molecule has 15 heavy (non-hydrogen) atoms. The number of rotatable bonds is 7. The second-order valence-electron chi connectivity index (χ2n) is 3.78. The molecule has 0 radical (unpaired) electrons. The van der Waals surface area contributed by atoms with Crippen LogP contribution in [-0.4, -0.2) is 29.3 Å². The molecule has 1 N–H and O–H groups in total. The summed E-state index contributed by atoms with van der Waals surface area (Å²) in [6, 6.07) is 0.427. The maximum atomic E-state index is 5.17. The molecule has 1 aromatic heterocycles. The lowest BCUT2D eigenvalue weighted by Gasteiger charge is -2.16. The third-order valence-electron chi connectivity index (χ3n) is 2.47. The fraction of sp³-hybridized carbons (Fsp3) is 0.727. The summed E-state index contributed by atoms with van der Waals surface area (Å²) in [5, 5.41) is 3.46. The minimum atomic E-state index is 0.427. The van der Waals surface area contributed by atoms with Crippen LogP contribution < -0.4 is 5.32 Å². The highest BCUT2D eigenvalue weighted by molar-refractivity contribution is 4.90. The Hall–Kier alpha value is -0.870. The molecule has 0 aliphatic rings. The van der Waals surface area contributed by atoms with Crippen LogP contribution in [0.2, 0.25) is 0 Å². The molecule has 0 aliphatic carbocycles. The molecule has 0 saturated carbocycles. The van der Waals surface area contributed by atoms with E-state index in [1.54, 1.807) is 7.11 Å². The molecule has 0 saturated heterocycles. The molecule has 1 rings (SSSR count). The van der Waals surface area contributed by atoms with E-state index in [-0.39, 0.29) is 0 Å².